The lowest BCUT2D eigenvalue weighted by molar-refractivity contribution is -0.113. The minimum Gasteiger partial charge on any atom is -0.376 e. The van der Waals surface area contributed by atoms with E-state index in [0.29, 0.717) is 33.0 Å². The first-order valence-corrected chi connectivity index (χ1v) is 12.5. The van der Waals surface area contributed by atoms with E-state index in [1.807, 2.05) is 31.2 Å². The number of benzene rings is 2. The Bertz CT molecular complexity index is 1110. The van der Waals surface area contributed by atoms with Gasteiger partial charge in [0, 0.05) is 18.8 Å². The van der Waals surface area contributed by atoms with E-state index in [0.717, 1.165) is 25.0 Å². The SMILES string of the molecule is Cc1cccc(NC(=O)c2ccccc2NC(=O)CSc2nnc(NC[C@@H]3CCCO3)s2)c1. The number of rotatable bonds is 9. The average molecular weight is 484 g/mol. The topological polar surface area (TPSA) is 105 Å². The fourth-order valence-electron chi connectivity index (χ4n) is 3.37. The van der Waals surface area contributed by atoms with Crippen molar-refractivity contribution in [2.75, 3.05) is 34.9 Å². The van der Waals surface area contributed by atoms with Crippen molar-refractivity contribution in [1.82, 2.24) is 10.2 Å². The van der Waals surface area contributed by atoms with E-state index in [-0.39, 0.29) is 23.7 Å². The summed E-state index contributed by atoms with van der Waals surface area (Å²) in [4.78, 5) is 25.3. The molecule has 10 heteroatoms. The zero-order valence-electron chi connectivity index (χ0n) is 18.2. The Kier molecular flexibility index (Phi) is 7.92. The highest BCUT2D eigenvalue weighted by Gasteiger charge is 2.17. The van der Waals surface area contributed by atoms with E-state index in [4.69, 9.17) is 4.74 Å². The Hall–Kier alpha value is -2.95. The lowest BCUT2D eigenvalue weighted by Crippen LogP contribution is -2.19. The molecule has 4 rings (SSSR count). The van der Waals surface area contributed by atoms with Gasteiger partial charge >= 0.3 is 0 Å². The quantitative estimate of drug-likeness (QED) is 0.387. The highest BCUT2D eigenvalue weighted by molar-refractivity contribution is 8.01. The van der Waals surface area contributed by atoms with E-state index in [1.54, 1.807) is 24.3 Å². The predicted octanol–water partition coefficient (Wildman–Crippen LogP) is 4.42. The van der Waals surface area contributed by atoms with Crippen LogP contribution in [0.25, 0.3) is 0 Å². The van der Waals surface area contributed by atoms with E-state index in [9.17, 15) is 9.59 Å². The lowest BCUT2D eigenvalue weighted by atomic mass is 10.1. The number of hydrogen-bond donors (Lipinski definition) is 3. The second kappa shape index (κ2) is 11.3. The van der Waals surface area contributed by atoms with Gasteiger partial charge in [-0.3, -0.25) is 9.59 Å². The molecule has 1 aliphatic rings. The molecule has 2 aromatic carbocycles. The molecule has 0 radical (unpaired) electrons. The van der Waals surface area contributed by atoms with Crippen molar-refractivity contribution >= 4 is 51.4 Å². The van der Waals surface area contributed by atoms with Crippen LogP contribution in [0.1, 0.15) is 28.8 Å². The third-order valence-corrected chi connectivity index (χ3v) is 6.97. The predicted molar refractivity (Wildman–Crippen MR) is 132 cm³/mol. The molecule has 1 aliphatic heterocycles. The summed E-state index contributed by atoms with van der Waals surface area (Å²) in [7, 11) is 0. The van der Waals surface area contributed by atoms with Crippen molar-refractivity contribution in [2.45, 2.75) is 30.2 Å². The molecule has 0 unspecified atom stereocenters. The second-order valence-corrected chi connectivity index (χ2v) is 9.80. The first-order chi connectivity index (χ1) is 16.1. The summed E-state index contributed by atoms with van der Waals surface area (Å²) in [5.74, 6) is -0.344. The standard InChI is InChI=1S/C23H25N5O3S2/c1-15-6-4-7-16(12-15)25-21(30)18-9-2-3-10-19(18)26-20(29)14-32-23-28-27-22(33-23)24-13-17-8-5-11-31-17/h2-4,6-7,9-10,12,17H,5,8,11,13-14H2,1H3,(H,24,27)(H,25,30)(H,26,29)/t17-/m0/s1. The van der Waals surface area contributed by atoms with E-state index in [2.05, 4.69) is 26.1 Å². The van der Waals surface area contributed by atoms with Crippen molar-refractivity contribution in [2.24, 2.45) is 0 Å². The molecular formula is C23H25N5O3S2. The number of hydrogen-bond acceptors (Lipinski definition) is 8. The van der Waals surface area contributed by atoms with Crippen LogP contribution < -0.4 is 16.0 Å². The van der Waals surface area contributed by atoms with Gasteiger partial charge in [-0.2, -0.15) is 0 Å². The molecule has 3 aromatic rings. The van der Waals surface area contributed by atoms with Gasteiger partial charge in [-0.15, -0.1) is 10.2 Å². The zero-order valence-corrected chi connectivity index (χ0v) is 19.8. The summed E-state index contributed by atoms with van der Waals surface area (Å²) in [6, 6.07) is 14.5. The van der Waals surface area contributed by atoms with Crippen LogP contribution in [0.4, 0.5) is 16.5 Å². The smallest absolute Gasteiger partial charge is 0.257 e. The van der Waals surface area contributed by atoms with Crippen molar-refractivity contribution < 1.29 is 14.3 Å². The van der Waals surface area contributed by atoms with Crippen LogP contribution in [0.3, 0.4) is 0 Å². The number of carbonyl (C=O) groups excluding carboxylic acids is 2. The molecule has 1 saturated heterocycles. The average Bonchev–Trinajstić information content (AvgIpc) is 3.49. The Balaban J connectivity index is 1.29. The van der Waals surface area contributed by atoms with E-state index >= 15 is 0 Å². The van der Waals surface area contributed by atoms with E-state index in [1.165, 1.54) is 23.1 Å². The second-order valence-electron chi connectivity index (χ2n) is 7.60. The molecule has 2 heterocycles. The maximum atomic E-state index is 12.8. The molecule has 0 saturated carbocycles. The molecule has 0 spiro atoms. The molecule has 0 aliphatic carbocycles. The third kappa shape index (κ3) is 6.77. The Labute approximate surface area is 200 Å². The fraction of sp³-hybridized carbons (Fsp3) is 0.304. The van der Waals surface area contributed by atoms with Crippen molar-refractivity contribution in [3.05, 3.63) is 59.7 Å². The number of ether oxygens (including phenoxy) is 1. The van der Waals surface area contributed by atoms with Gasteiger partial charge in [0.1, 0.15) is 0 Å². The summed E-state index contributed by atoms with van der Waals surface area (Å²) in [6.07, 6.45) is 2.37. The van der Waals surface area contributed by atoms with Gasteiger partial charge in [-0.05, 0) is 49.6 Å². The number of aryl methyl sites for hydroxylation is 1. The molecule has 33 heavy (non-hydrogen) atoms. The number of amides is 2. The maximum Gasteiger partial charge on any atom is 0.257 e. The minimum atomic E-state index is -0.282. The molecule has 2 amide bonds. The number of thioether (sulfide) groups is 1. The summed E-state index contributed by atoms with van der Waals surface area (Å²) in [6.45, 7) is 3.49. The lowest BCUT2D eigenvalue weighted by Gasteiger charge is -2.11. The van der Waals surface area contributed by atoms with Crippen molar-refractivity contribution in [3.63, 3.8) is 0 Å². The molecule has 3 N–H and O–H groups in total. The number of para-hydroxylation sites is 1. The van der Waals surface area contributed by atoms with Gasteiger partial charge in [0.15, 0.2) is 4.34 Å². The first-order valence-electron chi connectivity index (χ1n) is 10.7. The van der Waals surface area contributed by atoms with Gasteiger partial charge in [0.25, 0.3) is 5.91 Å². The summed E-state index contributed by atoms with van der Waals surface area (Å²) >= 11 is 2.71. The molecule has 1 aromatic heterocycles. The number of nitrogens with one attached hydrogen (secondary N) is 3. The molecule has 1 atom stereocenters. The fourth-order valence-corrected chi connectivity index (χ4v) is 4.93. The van der Waals surface area contributed by atoms with Crippen LogP contribution in [-0.4, -0.2) is 47.0 Å². The first kappa shape index (κ1) is 23.2. The van der Waals surface area contributed by atoms with Gasteiger partial charge in [-0.1, -0.05) is 47.4 Å². The van der Waals surface area contributed by atoms with Gasteiger partial charge < -0.3 is 20.7 Å². The Morgan fingerprint density at radius 2 is 2.03 bits per heavy atom. The van der Waals surface area contributed by atoms with Gasteiger partial charge in [0.2, 0.25) is 11.0 Å². The monoisotopic (exact) mass is 483 g/mol. The zero-order chi connectivity index (χ0) is 23.0. The Morgan fingerprint density at radius 1 is 1.15 bits per heavy atom. The molecule has 0 bridgehead atoms. The van der Waals surface area contributed by atoms with Crippen LogP contribution in [0.5, 0.6) is 0 Å². The van der Waals surface area contributed by atoms with Gasteiger partial charge in [-0.25, -0.2) is 0 Å². The largest absolute Gasteiger partial charge is 0.376 e. The molecule has 1 fully saturated rings. The number of nitrogens with zero attached hydrogens (tertiary/aromatic N) is 2. The Morgan fingerprint density at radius 3 is 2.85 bits per heavy atom. The minimum absolute atomic E-state index is 0.161. The number of carbonyl (C=O) groups is 2. The highest BCUT2D eigenvalue weighted by Crippen LogP contribution is 2.26. The van der Waals surface area contributed by atoms with Gasteiger partial charge in [0.05, 0.1) is 23.1 Å². The van der Waals surface area contributed by atoms with Crippen LogP contribution >= 0.6 is 23.1 Å². The van der Waals surface area contributed by atoms with Crippen LogP contribution in [0, 0.1) is 6.92 Å². The normalized spacial score (nSPS) is 15.2. The van der Waals surface area contributed by atoms with Crippen LogP contribution in [0.2, 0.25) is 0 Å². The maximum absolute atomic E-state index is 12.8. The third-order valence-electron chi connectivity index (χ3n) is 4.96. The molecular weight excluding hydrogens is 458 g/mol. The van der Waals surface area contributed by atoms with Crippen molar-refractivity contribution in [3.8, 4) is 0 Å². The molecule has 8 nitrogen and oxygen atoms in total. The van der Waals surface area contributed by atoms with Crippen molar-refractivity contribution in [1.29, 1.82) is 0 Å². The number of anilines is 3. The highest BCUT2D eigenvalue weighted by atomic mass is 32.2. The number of aromatic nitrogens is 2. The molecule has 172 valence electrons. The van der Waals surface area contributed by atoms with E-state index < -0.39 is 0 Å². The van der Waals surface area contributed by atoms with Crippen LogP contribution in [0.15, 0.2) is 52.9 Å². The summed E-state index contributed by atoms with van der Waals surface area (Å²) in [5.41, 5.74) is 2.61. The summed E-state index contributed by atoms with van der Waals surface area (Å²) < 4.78 is 6.29. The van der Waals surface area contributed by atoms with Crippen LogP contribution in [-0.2, 0) is 9.53 Å². The summed E-state index contributed by atoms with van der Waals surface area (Å²) in [5, 5.41) is 17.9.